The molecule has 11 heteroatoms. The van der Waals surface area contributed by atoms with Crippen LogP contribution in [0.25, 0.3) is 22.3 Å². The summed E-state index contributed by atoms with van der Waals surface area (Å²) in [5, 5.41) is 8.91. The van der Waals surface area contributed by atoms with Crippen LogP contribution in [0.15, 0.2) is 66.7 Å². The molecule has 0 saturated heterocycles. The topological polar surface area (TPSA) is 90.0 Å². The van der Waals surface area contributed by atoms with Crippen LogP contribution in [-0.4, -0.2) is 34.3 Å². The van der Waals surface area contributed by atoms with Gasteiger partial charge in [0.05, 0.1) is 47.7 Å². The molecule has 45 heavy (non-hydrogen) atoms. The van der Waals surface area contributed by atoms with Crippen molar-refractivity contribution in [3.05, 3.63) is 112 Å². The summed E-state index contributed by atoms with van der Waals surface area (Å²) in [6.07, 6.45) is 1.54. The minimum atomic E-state index is -0.777. The van der Waals surface area contributed by atoms with Crippen LogP contribution in [0.5, 0.6) is 5.88 Å². The van der Waals surface area contributed by atoms with Crippen molar-refractivity contribution in [3.8, 4) is 23.2 Å². The zero-order chi connectivity index (χ0) is 31.7. The van der Waals surface area contributed by atoms with Gasteiger partial charge in [0.15, 0.2) is 5.82 Å². The summed E-state index contributed by atoms with van der Waals surface area (Å²) < 4.78 is 70.3. The number of benzene rings is 3. The summed E-state index contributed by atoms with van der Waals surface area (Å²) in [5.74, 6) is -2.38. The Kier molecular flexibility index (Phi) is 7.97. The number of esters is 1. The standard InChI is InChI=1S/C34H26F4N4O3/c1-44-33(43)23-6-8-29-30(14-23)42(19-34(18-35)10-11-34)31(40-29)15-21-4-5-22(13-27(21)38)28-9-7-25(36)32(41-28)45-17-24-3-2-20(16-39)12-26(24)37/h2-9,12-14H,10-11,15,17-19H2,1H3. The Labute approximate surface area is 255 Å². The largest absolute Gasteiger partial charge is 0.471 e. The van der Waals surface area contributed by atoms with Crippen molar-refractivity contribution < 1.29 is 31.8 Å². The third-order valence-electron chi connectivity index (χ3n) is 8.04. The maximum absolute atomic E-state index is 15.5. The second-order valence-electron chi connectivity index (χ2n) is 11.1. The number of imidazole rings is 1. The van der Waals surface area contributed by atoms with E-state index < -0.39 is 35.5 Å². The second kappa shape index (κ2) is 12.0. The first kappa shape index (κ1) is 29.8. The van der Waals surface area contributed by atoms with Gasteiger partial charge in [0.25, 0.3) is 5.88 Å². The maximum Gasteiger partial charge on any atom is 0.337 e. The summed E-state index contributed by atoms with van der Waals surface area (Å²) in [6.45, 7) is -0.483. The van der Waals surface area contributed by atoms with Crippen LogP contribution < -0.4 is 4.74 Å². The van der Waals surface area contributed by atoms with E-state index in [0.29, 0.717) is 40.1 Å². The highest BCUT2D eigenvalue weighted by atomic mass is 19.1. The maximum atomic E-state index is 15.5. The van der Waals surface area contributed by atoms with E-state index >= 15 is 4.39 Å². The van der Waals surface area contributed by atoms with Crippen molar-refractivity contribution in [3.63, 3.8) is 0 Å². The quantitative estimate of drug-likeness (QED) is 0.123. The van der Waals surface area contributed by atoms with E-state index in [4.69, 9.17) is 19.7 Å². The SMILES string of the molecule is COC(=O)c1ccc2nc(Cc3ccc(-c4ccc(F)c(OCc5ccc(C#N)cc5F)n4)cc3F)n(CC3(CF)CC3)c2c1. The minimum Gasteiger partial charge on any atom is -0.471 e. The van der Waals surface area contributed by atoms with E-state index in [2.05, 4.69) is 4.98 Å². The molecular weight excluding hydrogens is 588 g/mol. The van der Waals surface area contributed by atoms with Gasteiger partial charge < -0.3 is 14.0 Å². The number of rotatable bonds is 10. The van der Waals surface area contributed by atoms with Crippen LogP contribution in [-0.2, 0) is 24.3 Å². The van der Waals surface area contributed by atoms with Crippen molar-refractivity contribution in [1.29, 1.82) is 5.26 Å². The molecule has 0 spiro atoms. The number of carbonyl (C=O) groups excluding carboxylic acids is 1. The average Bonchev–Trinajstić information content (AvgIpc) is 3.76. The molecule has 228 valence electrons. The van der Waals surface area contributed by atoms with E-state index in [0.717, 1.165) is 25.0 Å². The number of alkyl halides is 1. The molecule has 0 bridgehead atoms. The van der Waals surface area contributed by atoms with Crippen LogP contribution in [0.3, 0.4) is 0 Å². The lowest BCUT2D eigenvalue weighted by molar-refractivity contribution is 0.0601. The molecule has 1 aliphatic carbocycles. The predicted octanol–water partition coefficient (Wildman–Crippen LogP) is 7.09. The first-order valence-electron chi connectivity index (χ1n) is 14.1. The summed E-state index contributed by atoms with van der Waals surface area (Å²) in [5.41, 5.74) is 2.22. The Morgan fingerprint density at radius 2 is 1.73 bits per heavy atom. The fraction of sp³-hybridized carbons (Fsp3) is 0.235. The Bertz CT molecular complexity index is 1980. The molecule has 0 amide bonds. The van der Waals surface area contributed by atoms with Crippen LogP contribution in [0.1, 0.15) is 45.7 Å². The van der Waals surface area contributed by atoms with E-state index in [-0.39, 0.29) is 35.7 Å². The molecule has 1 aliphatic rings. The molecule has 0 N–H and O–H groups in total. The molecular formula is C34H26F4N4O3. The summed E-state index contributed by atoms with van der Waals surface area (Å²) >= 11 is 0. The molecule has 3 aromatic carbocycles. The van der Waals surface area contributed by atoms with Gasteiger partial charge in [0, 0.05) is 29.5 Å². The molecule has 2 aromatic heterocycles. The normalized spacial score (nSPS) is 13.4. The lowest BCUT2D eigenvalue weighted by Crippen LogP contribution is -2.16. The number of nitriles is 1. The molecule has 0 atom stereocenters. The Balaban J connectivity index is 1.26. The highest BCUT2D eigenvalue weighted by Gasteiger charge is 2.44. The van der Waals surface area contributed by atoms with Gasteiger partial charge in [-0.15, -0.1) is 0 Å². The minimum absolute atomic E-state index is 0.0953. The van der Waals surface area contributed by atoms with E-state index in [1.54, 1.807) is 30.3 Å². The summed E-state index contributed by atoms with van der Waals surface area (Å²) in [6, 6.07) is 17.6. The monoisotopic (exact) mass is 614 g/mol. The zero-order valence-electron chi connectivity index (χ0n) is 24.1. The van der Waals surface area contributed by atoms with Gasteiger partial charge in [0.2, 0.25) is 0 Å². The third-order valence-corrected chi connectivity index (χ3v) is 8.04. The van der Waals surface area contributed by atoms with E-state index in [9.17, 15) is 18.0 Å². The van der Waals surface area contributed by atoms with Gasteiger partial charge in [-0.05, 0) is 66.9 Å². The number of hydrogen-bond donors (Lipinski definition) is 0. The number of methoxy groups -OCH3 is 1. The predicted molar refractivity (Wildman–Crippen MR) is 157 cm³/mol. The Hall–Kier alpha value is -5.24. The molecule has 0 aliphatic heterocycles. The third kappa shape index (κ3) is 6.09. The fourth-order valence-corrected chi connectivity index (χ4v) is 5.16. The van der Waals surface area contributed by atoms with Crippen molar-refractivity contribution >= 4 is 17.0 Å². The number of pyridine rings is 1. The summed E-state index contributed by atoms with van der Waals surface area (Å²) in [7, 11) is 1.29. The Morgan fingerprint density at radius 3 is 2.42 bits per heavy atom. The van der Waals surface area contributed by atoms with Gasteiger partial charge in [-0.3, -0.25) is 4.39 Å². The van der Waals surface area contributed by atoms with Gasteiger partial charge in [0.1, 0.15) is 24.1 Å². The van der Waals surface area contributed by atoms with E-state index in [1.165, 1.54) is 31.4 Å². The highest BCUT2D eigenvalue weighted by Crippen LogP contribution is 2.48. The lowest BCUT2D eigenvalue weighted by atomic mass is 10.0. The molecule has 1 saturated carbocycles. The first-order valence-corrected chi connectivity index (χ1v) is 14.1. The molecule has 7 nitrogen and oxygen atoms in total. The van der Waals surface area contributed by atoms with Gasteiger partial charge in [-0.2, -0.15) is 5.26 Å². The molecule has 1 fully saturated rings. The molecule has 5 aromatic rings. The van der Waals surface area contributed by atoms with E-state index in [1.807, 2.05) is 10.6 Å². The number of ether oxygens (including phenoxy) is 2. The number of fused-ring (bicyclic) bond motifs is 1. The average molecular weight is 615 g/mol. The zero-order valence-corrected chi connectivity index (χ0v) is 24.1. The van der Waals surface area contributed by atoms with Crippen molar-refractivity contribution in [1.82, 2.24) is 14.5 Å². The number of aromatic nitrogens is 3. The van der Waals surface area contributed by atoms with Gasteiger partial charge in [-0.1, -0.05) is 18.2 Å². The Morgan fingerprint density at radius 1 is 0.956 bits per heavy atom. The molecule has 0 unspecified atom stereocenters. The smallest absolute Gasteiger partial charge is 0.337 e. The number of nitrogens with zero attached hydrogens (tertiary/aromatic N) is 4. The van der Waals surface area contributed by atoms with Crippen molar-refractivity contribution in [2.24, 2.45) is 5.41 Å². The highest BCUT2D eigenvalue weighted by molar-refractivity contribution is 5.93. The summed E-state index contributed by atoms with van der Waals surface area (Å²) in [4.78, 5) is 21.0. The van der Waals surface area contributed by atoms with Crippen molar-refractivity contribution in [2.45, 2.75) is 32.4 Å². The van der Waals surface area contributed by atoms with Crippen LogP contribution in [0, 0.1) is 34.2 Å². The van der Waals surface area contributed by atoms with Crippen LogP contribution in [0.4, 0.5) is 17.6 Å². The first-order chi connectivity index (χ1) is 21.7. The van der Waals surface area contributed by atoms with Gasteiger partial charge in [-0.25, -0.2) is 27.9 Å². The molecule has 2 heterocycles. The molecule has 0 radical (unpaired) electrons. The van der Waals surface area contributed by atoms with Crippen LogP contribution in [0.2, 0.25) is 0 Å². The number of hydrogen-bond acceptors (Lipinski definition) is 6. The number of carbonyl (C=O) groups is 1. The fourth-order valence-electron chi connectivity index (χ4n) is 5.16. The second-order valence-corrected chi connectivity index (χ2v) is 11.1. The van der Waals surface area contributed by atoms with Gasteiger partial charge >= 0.3 is 5.97 Å². The molecule has 6 rings (SSSR count). The van der Waals surface area contributed by atoms with Crippen molar-refractivity contribution in [2.75, 3.05) is 13.8 Å². The lowest BCUT2D eigenvalue weighted by Gasteiger charge is -2.16. The number of halogens is 4. The van der Waals surface area contributed by atoms with Crippen LogP contribution >= 0.6 is 0 Å².